The topological polar surface area (TPSA) is 33.3 Å². The van der Waals surface area contributed by atoms with Crippen LogP contribution in [-0.2, 0) is 4.74 Å². The van der Waals surface area contributed by atoms with Gasteiger partial charge in [-0.2, -0.15) is 0 Å². The molecule has 0 amide bonds. The van der Waals surface area contributed by atoms with Gasteiger partial charge in [-0.15, -0.1) is 0 Å². The van der Waals surface area contributed by atoms with E-state index in [-0.39, 0.29) is 0 Å². The van der Waals surface area contributed by atoms with Crippen LogP contribution in [0, 0.1) is 5.92 Å². The number of ether oxygens (including phenoxy) is 1. The summed E-state index contributed by atoms with van der Waals surface area (Å²) in [7, 11) is 0. The Bertz CT molecular complexity index is 211. The molecule has 0 aliphatic heterocycles. The molecule has 2 unspecified atom stereocenters. The molecule has 0 radical (unpaired) electrons. The van der Waals surface area contributed by atoms with Crippen LogP contribution in [0.15, 0.2) is 0 Å². The van der Waals surface area contributed by atoms with Gasteiger partial charge >= 0.3 is 0 Å². The summed E-state index contributed by atoms with van der Waals surface area (Å²) in [5, 5.41) is 7.38. The Kier molecular flexibility index (Phi) is 6.73. The lowest BCUT2D eigenvalue weighted by atomic mass is 10.2. The summed E-state index contributed by atoms with van der Waals surface area (Å²) in [5.41, 5.74) is 0. The fourth-order valence-electron chi connectivity index (χ4n) is 1.85. The molecule has 1 aliphatic rings. The van der Waals surface area contributed by atoms with E-state index in [1.807, 2.05) is 6.92 Å². The summed E-state index contributed by atoms with van der Waals surface area (Å²) >= 11 is 5.22. The summed E-state index contributed by atoms with van der Waals surface area (Å²) in [4.78, 5) is 0. The minimum Gasteiger partial charge on any atom is -0.382 e. The molecular weight excluding hydrogens is 220 g/mol. The van der Waals surface area contributed by atoms with Gasteiger partial charge in [-0.3, -0.25) is 0 Å². The van der Waals surface area contributed by atoms with Crippen LogP contribution in [0.4, 0.5) is 0 Å². The second-order valence-electron chi connectivity index (χ2n) is 4.34. The Balaban J connectivity index is 1.92. The highest BCUT2D eigenvalue weighted by Crippen LogP contribution is 2.34. The molecule has 0 saturated heterocycles. The van der Waals surface area contributed by atoms with E-state index in [0.29, 0.717) is 6.04 Å². The van der Waals surface area contributed by atoms with Gasteiger partial charge in [0.2, 0.25) is 0 Å². The molecular formula is C12H24N2OS. The fraction of sp³-hybridized carbons (Fsp3) is 0.917. The number of rotatable bonds is 8. The lowest BCUT2D eigenvalue weighted by Gasteiger charge is -2.10. The van der Waals surface area contributed by atoms with Crippen LogP contribution in [0.1, 0.15) is 39.5 Å². The maximum absolute atomic E-state index is 5.25. The molecule has 1 aliphatic carbocycles. The molecule has 4 heteroatoms. The van der Waals surface area contributed by atoms with Gasteiger partial charge in [0, 0.05) is 25.8 Å². The second kappa shape index (κ2) is 7.85. The van der Waals surface area contributed by atoms with Crippen LogP contribution in [0.2, 0.25) is 0 Å². The van der Waals surface area contributed by atoms with Crippen molar-refractivity contribution in [3.63, 3.8) is 0 Å². The SMILES string of the molecule is CCCC1CC1NC(=S)NCCCOCC. The average Bonchev–Trinajstić information content (AvgIpc) is 2.97. The van der Waals surface area contributed by atoms with E-state index in [1.54, 1.807) is 0 Å². The Labute approximate surface area is 104 Å². The van der Waals surface area contributed by atoms with Crippen molar-refractivity contribution in [1.29, 1.82) is 0 Å². The lowest BCUT2D eigenvalue weighted by Crippen LogP contribution is -2.37. The van der Waals surface area contributed by atoms with Gasteiger partial charge in [-0.1, -0.05) is 13.3 Å². The Morgan fingerprint density at radius 2 is 2.25 bits per heavy atom. The lowest BCUT2D eigenvalue weighted by molar-refractivity contribution is 0.145. The number of hydrogen-bond donors (Lipinski definition) is 2. The van der Waals surface area contributed by atoms with Gasteiger partial charge < -0.3 is 15.4 Å². The molecule has 3 nitrogen and oxygen atoms in total. The van der Waals surface area contributed by atoms with Crippen molar-refractivity contribution in [1.82, 2.24) is 10.6 Å². The average molecular weight is 244 g/mol. The first-order valence-corrected chi connectivity index (χ1v) is 6.80. The summed E-state index contributed by atoms with van der Waals surface area (Å²) in [5.74, 6) is 0.855. The van der Waals surface area contributed by atoms with Crippen molar-refractivity contribution in [2.75, 3.05) is 19.8 Å². The van der Waals surface area contributed by atoms with Gasteiger partial charge in [-0.25, -0.2) is 0 Å². The predicted molar refractivity (Wildman–Crippen MR) is 71.6 cm³/mol. The fourth-order valence-corrected chi connectivity index (χ4v) is 2.11. The largest absolute Gasteiger partial charge is 0.382 e. The Morgan fingerprint density at radius 3 is 2.94 bits per heavy atom. The van der Waals surface area contributed by atoms with Crippen LogP contribution in [-0.4, -0.2) is 30.9 Å². The maximum Gasteiger partial charge on any atom is 0.166 e. The molecule has 94 valence electrons. The summed E-state index contributed by atoms with van der Waals surface area (Å²) < 4.78 is 5.25. The zero-order valence-corrected chi connectivity index (χ0v) is 11.2. The number of thiocarbonyl (C=S) groups is 1. The molecule has 1 fully saturated rings. The molecule has 0 aromatic carbocycles. The second-order valence-corrected chi connectivity index (χ2v) is 4.75. The molecule has 0 bridgehead atoms. The first-order valence-electron chi connectivity index (χ1n) is 6.40. The standard InChI is InChI=1S/C12H24N2OS/c1-3-6-10-9-11(10)14-12(16)13-7-5-8-15-4-2/h10-11H,3-9H2,1-2H3,(H2,13,14,16). The van der Waals surface area contributed by atoms with Crippen LogP contribution >= 0.6 is 12.2 Å². The first kappa shape index (κ1) is 13.7. The molecule has 0 aromatic heterocycles. The molecule has 2 atom stereocenters. The monoisotopic (exact) mass is 244 g/mol. The van der Waals surface area contributed by atoms with E-state index < -0.39 is 0 Å². The summed E-state index contributed by atoms with van der Waals surface area (Å²) in [6, 6.07) is 0.631. The molecule has 2 N–H and O–H groups in total. The summed E-state index contributed by atoms with van der Waals surface area (Å²) in [6.07, 6.45) is 4.90. The van der Waals surface area contributed by atoms with E-state index in [2.05, 4.69) is 17.6 Å². The number of hydrogen-bond acceptors (Lipinski definition) is 2. The quantitative estimate of drug-likeness (QED) is 0.506. The van der Waals surface area contributed by atoms with Crippen LogP contribution < -0.4 is 10.6 Å². The highest BCUT2D eigenvalue weighted by atomic mass is 32.1. The summed E-state index contributed by atoms with van der Waals surface area (Å²) in [6.45, 7) is 6.76. The van der Waals surface area contributed by atoms with E-state index in [9.17, 15) is 0 Å². The van der Waals surface area contributed by atoms with Crippen molar-refractivity contribution >= 4 is 17.3 Å². The molecule has 1 rings (SSSR count). The van der Waals surface area contributed by atoms with E-state index in [0.717, 1.165) is 37.2 Å². The third-order valence-electron chi connectivity index (χ3n) is 2.85. The third-order valence-corrected chi connectivity index (χ3v) is 3.12. The minimum atomic E-state index is 0.631. The van der Waals surface area contributed by atoms with Crippen molar-refractivity contribution in [3.05, 3.63) is 0 Å². The van der Waals surface area contributed by atoms with Gasteiger partial charge in [0.05, 0.1) is 0 Å². The normalized spacial score (nSPS) is 22.9. The van der Waals surface area contributed by atoms with Gasteiger partial charge in [0.25, 0.3) is 0 Å². The Hall–Kier alpha value is -0.350. The highest BCUT2D eigenvalue weighted by molar-refractivity contribution is 7.80. The molecule has 0 spiro atoms. The highest BCUT2D eigenvalue weighted by Gasteiger charge is 2.36. The smallest absolute Gasteiger partial charge is 0.166 e. The van der Waals surface area contributed by atoms with Gasteiger partial charge in [0.15, 0.2) is 5.11 Å². The van der Waals surface area contributed by atoms with Gasteiger partial charge in [0.1, 0.15) is 0 Å². The van der Waals surface area contributed by atoms with Crippen LogP contribution in [0.25, 0.3) is 0 Å². The first-order chi connectivity index (χ1) is 7.77. The van der Waals surface area contributed by atoms with Gasteiger partial charge in [-0.05, 0) is 44.3 Å². The minimum absolute atomic E-state index is 0.631. The Morgan fingerprint density at radius 1 is 1.44 bits per heavy atom. The predicted octanol–water partition coefficient (Wildman–Crippen LogP) is 2.07. The number of nitrogens with one attached hydrogen (secondary N) is 2. The molecule has 16 heavy (non-hydrogen) atoms. The molecule has 1 saturated carbocycles. The van der Waals surface area contributed by atoms with E-state index >= 15 is 0 Å². The van der Waals surface area contributed by atoms with E-state index in [1.165, 1.54) is 19.3 Å². The van der Waals surface area contributed by atoms with Crippen molar-refractivity contribution < 1.29 is 4.74 Å². The third kappa shape index (κ3) is 5.66. The van der Waals surface area contributed by atoms with Crippen molar-refractivity contribution in [3.8, 4) is 0 Å². The zero-order chi connectivity index (χ0) is 11.8. The molecule has 0 heterocycles. The van der Waals surface area contributed by atoms with Crippen LogP contribution in [0.5, 0.6) is 0 Å². The van der Waals surface area contributed by atoms with Crippen molar-refractivity contribution in [2.24, 2.45) is 5.92 Å². The van der Waals surface area contributed by atoms with E-state index in [4.69, 9.17) is 17.0 Å². The van der Waals surface area contributed by atoms with Crippen molar-refractivity contribution in [2.45, 2.75) is 45.6 Å². The molecule has 0 aromatic rings. The zero-order valence-electron chi connectivity index (χ0n) is 10.4. The van der Waals surface area contributed by atoms with Crippen LogP contribution in [0.3, 0.4) is 0 Å². The maximum atomic E-state index is 5.25.